The summed E-state index contributed by atoms with van der Waals surface area (Å²) in [7, 11) is 0. The summed E-state index contributed by atoms with van der Waals surface area (Å²) >= 11 is 0. The molecule has 29 heavy (non-hydrogen) atoms. The summed E-state index contributed by atoms with van der Waals surface area (Å²) in [6, 6.07) is 22.1. The second-order valence-electron chi connectivity index (χ2n) is 7.22. The Hall–Kier alpha value is -3.34. The van der Waals surface area contributed by atoms with Crippen LogP contribution in [0.3, 0.4) is 0 Å². The Bertz CT molecular complexity index is 948. The number of rotatable bonds is 5. The molecule has 1 fully saturated rings. The zero-order valence-electron chi connectivity index (χ0n) is 16.7. The number of benzene rings is 2. The molecule has 1 aliphatic heterocycles. The molecule has 0 saturated carbocycles. The van der Waals surface area contributed by atoms with E-state index in [-0.39, 0.29) is 5.91 Å². The van der Waals surface area contributed by atoms with Crippen LogP contribution in [0.1, 0.15) is 22.8 Å². The van der Waals surface area contributed by atoms with Crippen LogP contribution in [0.15, 0.2) is 72.9 Å². The van der Waals surface area contributed by atoms with E-state index in [2.05, 4.69) is 51.3 Å². The minimum absolute atomic E-state index is 0.110. The first-order chi connectivity index (χ1) is 14.2. The molecule has 0 atom stereocenters. The molecule has 2 heterocycles. The van der Waals surface area contributed by atoms with E-state index in [0.29, 0.717) is 5.56 Å². The first-order valence-electron chi connectivity index (χ1n) is 10.1. The second-order valence-corrected chi connectivity index (χ2v) is 7.22. The van der Waals surface area contributed by atoms with E-state index in [9.17, 15) is 4.79 Å². The van der Waals surface area contributed by atoms with Gasteiger partial charge in [0.15, 0.2) is 0 Å². The number of para-hydroxylation sites is 1. The summed E-state index contributed by atoms with van der Waals surface area (Å²) in [4.78, 5) is 21.8. The van der Waals surface area contributed by atoms with E-state index in [1.807, 2.05) is 36.4 Å². The molecule has 0 bridgehead atoms. The van der Waals surface area contributed by atoms with Crippen LogP contribution in [0.2, 0.25) is 0 Å². The smallest absolute Gasteiger partial charge is 0.255 e. The van der Waals surface area contributed by atoms with Crippen molar-refractivity contribution in [3.05, 3.63) is 84.1 Å². The molecule has 5 nitrogen and oxygen atoms in total. The van der Waals surface area contributed by atoms with Crippen LogP contribution < -0.4 is 15.1 Å². The summed E-state index contributed by atoms with van der Waals surface area (Å²) in [5, 5.41) is 2.97. The second kappa shape index (κ2) is 8.78. The summed E-state index contributed by atoms with van der Waals surface area (Å²) in [6.07, 6.45) is 2.70. The Kier molecular flexibility index (Phi) is 5.75. The van der Waals surface area contributed by atoms with E-state index in [1.54, 1.807) is 12.3 Å². The van der Waals surface area contributed by atoms with Crippen LogP contribution in [-0.2, 0) is 6.42 Å². The van der Waals surface area contributed by atoms with Crippen molar-refractivity contribution in [3.63, 3.8) is 0 Å². The van der Waals surface area contributed by atoms with Gasteiger partial charge in [0, 0.05) is 49.3 Å². The number of amides is 1. The lowest BCUT2D eigenvalue weighted by molar-refractivity contribution is 0.102. The Morgan fingerprint density at radius 3 is 2.31 bits per heavy atom. The highest BCUT2D eigenvalue weighted by Crippen LogP contribution is 2.20. The van der Waals surface area contributed by atoms with Crippen molar-refractivity contribution in [1.82, 2.24) is 4.98 Å². The standard InChI is InChI=1S/C24H26N4O/c1-2-19-8-10-21(11-9-19)26-24(29)20-12-13-25-23(18-20)28-16-14-27(15-17-28)22-6-4-3-5-7-22/h3-13,18H,2,14-17H2,1H3,(H,26,29). The maximum absolute atomic E-state index is 12.7. The van der Waals surface area contributed by atoms with Gasteiger partial charge in [-0.3, -0.25) is 4.79 Å². The number of hydrogen-bond acceptors (Lipinski definition) is 4. The van der Waals surface area contributed by atoms with Gasteiger partial charge in [-0.05, 0) is 48.4 Å². The molecule has 0 unspecified atom stereocenters. The molecule has 0 radical (unpaired) electrons. The Balaban J connectivity index is 1.40. The average Bonchev–Trinajstić information content (AvgIpc) is 2.80. The molecule has 1 amide bonds. The molecule has 5 heteroatoms. The number of carbonyl (C=O) groups is 1. The van der Waals surface area contributed by atoms with Gasteiger partial charge in [-0.1, -0.05) is 37.3 Å². The normalized spacial score (nSPS) is 14.0. The molecule has 1 saturated heterocycles. The van der Waals surface area contributed by atoms with E-state index in [4.69, 9.17) is 0 Å². The third-order valence-corrected chi connectivity index (χ3v) is 5.35. The van der Waals surface area contributed by atoms with Gasteiger partial charge in [0.2, 0.25) is 0 Å². The summed E-state index contributed by atoms with van der Waals surface area (Å²) in [5.41, 5.74) is 3.94. The first kappa shape index (κ1) is 19.0. The van der Waals surface area contributed by atoms with Crippen molar-refractivity contribution in [2.75, 3.05) is 41.3 Å². The van der Waals surface area contributed by atoms with Crippen molar-refractivity contribution in [2.45, 2.75) is 13.3 Å². The zero-order chi connectivity index (χ0) is 20.1. The summed E-state index contributed by atoms with van der Waals surface area (Å²) in [6.45, 7) is 5.75. The number of nitrogens with zero attached hydrogens (tertiary/aromatic N) is 3. The summed E-state index contributed by atoms with van der Waals surface area (Å²) in [5.74, 6) is 0.743. The largest absolute Gasteiger partial charge is 0.368 e. The molecule has 1 aromatic heterocycles. The number of aryl methyl sites for hydroxylation is 1. The molecule has 2 aromatic carbocycles. The lowest BCUT2D eigenvalue weighted by atomic mass is 10.1. The van der Waals surface area contributed by atoms with Gasteiger partial charge in [0.1, 0.15) is 5.82 Å². The van der Waals surface area contributed by atoms with Gasteiger partial charge in [0.05, 0.1) is 0 Å². The van der Waals surface area contributed by atoms with Crippen molar-refractivity contribution in [2.24, 2.45) is 0 Å². The predicted molar refractivity (Wildman–Crippen MR) is 119 cm³/mol. The fourth-order valence-electron chi connectivity index (χ4n) is 3.59. The van der Waals surface area contributed by atoms with Crippen LogP contribution >= 0.6 is 0 Å². The van der Waals surface area contributed by atoms with E-state index < -0.39 is 0 Å². The lowest BCUT2D eigenvalue weighted by Crippen LogP contribution is -2.46. The highest BCUT2D eigenvalue weighted by atomic mass is 16.1. The van der Waals surface area contributed by atoms with Crippen molar-refractivity contribution in [3.8, 4) is 0 Å². The van der Waals surface area contributed by atoms with E-state index in [0.717, 1.165) is 44.1 Å². The Morgan fingerprint density at radius 1 is 0.931 bits per heavy atom. The number of pyridine rings is 1. The van der Waals surface area contributed by atoms with Crippen LogP contribution in [0.5, 0.6) is 0 Å². The van der Waals surface area contributed by atoms with Gasteiger partial charge in [-0.25, -0.2) is 4.98 Å². The first-order valence-corrected chi connectivity index (χ1v) is 10.1. The molecule has 0 aliphatic carbocycles. The topological polar surface area (TPSA) is 48.5 Å². The number of nitrogens with one attached hydrogen (secondary N) is 1. The van der Waals surface area contributed by atoms with Crippen molar-refractivity contribution < 1.29 is 4.79 Å². The third kappa shape index (κ3) is 4.57. The summed E-state index contributed by atoms with van der Waals surface area (Å²) < 4.78 is 0. The monoisotopic (exact) mass is 386 g/mol. The molecule has 148 valence electrons. The SMILES string of the molecule is CCc1ccc(NC(=O)c2ccnc(N3CCN(c4ccccc4)CC3)c2)cc1. The fourth-order valence-corrected chi connectivity index (χ4v) is 3.59. The van der Waals surface area contributed by atoms with E-state index in [1.165, 1.54) is 11.3 Å². The maximum Gasteiger partial charge on any atom is 0.255 e. The van der Waals surface area contributed by atoms with Crippen LogP contribution in [0.4, 0.5) is 17.2 Å². The highest BCUT2D eigenvalue weighted by Gasteiger charge is 2.19. The van der Waals surface area contributed by atoms with Crippen LogP contribution in [-0.4, -0.2) is 37.1 Å². The zero-order valence-corrected chi connectivity index (χ0v) is 16.7. The molecular weight excluding hydrogens is 360 g/mol. The minimum Gasteiger partial charge on any atom is -0.368 e. The molecule has 0 spiro atoms. The predicted octanol–water partition coefficient (Wildman–Crippen LogP) is 4.22. The van der Waals surface area contributed by atoms with Gasteiger partial charge < -0.3 is 15.1 Å². The lowest BCUT2D eigenvalue weighted by Gasteiger charge is -2.36. The molecule has 3 aromatic rings. The number of anilines is 3. The van der Waals surface area contributed by atoms with E-state index >= 15 is 0 Å². The molecule has 1 aliphatic rings. The van der Waals surface area contributed by atoms with Gasteiger partial charge in [-0.2, -0.15) is 0 Å². The molecule has 4 rings (SSSR count). The highest BCUT2D eigenvalue weighted by molar-refractivity contribution is 6.04. The van der Waals surface area contributed by atoms with Gasteiger partial charge >= 0.3 is 0 Å². The van der Waals surface area contributed by atoms with Crippen molar-refractivity contribution >= 4 is 23.1 Å². The molecular formula is C24H26N4O. The number of aromatic nitrogens is 1. The van der Waals surface area contributed by atoms with Gasteiger partial charge in [0.25, 0.3) is 5.91 Å². The fraction of sp³-hybridized carbons (Fsp3) is 0.250. The quantitative estimate of drug-likeness (QED) is 0.713. The van der Waals surface area contributed by atoms with Crippen LogP contribution in [0, 0.1) is 0 Å². The van der Waals surface area contributed by atoms with Crippen LogP contribution in [0.25, 0.3) is 0 Å². The Labute approximate surface area is 172 Å². The number of piperazine rings is 1. The maximum atomic E-state index is 12.7. The molecule has 1 N–H and O–H groups in total. The third-order valence-electron chi connectivity index (χ3n) is 5.35. The number of hydrogen-bond donors (Lipinski definition) is 1. The Morgan fingerprint density at radius 2 is 1.62 bits per heavy atom. The van der Waals surface area contributed by atoms with Gasteiger partial charge in [-0.15, -0.1) is 0 Å². The minimum atomic E-state index is -0.110. The average molecular weight is 386 g/mol. The number of carbonyl (C=O) groups excluding carboxylic acids is 1. The van der Waals surface area contributed by atoms with Crippen molar-refractivity contribution in [1.29, 1.82) is 0 Å².